The minimum atomic E-state index is -1.69. The number of benzene rings is 1. The van der Waals surface area contributed by atoms with Gasteiger partial charge in [0.1, 0.15) is 24.5 Å². The quantitative estimate of drug-likeness (QED) is 0.624. The molecule has 0 aliphatic carbocycles. The van der Waals surface area contributed by atoms with Gasteiger partial charge in [0.25, 0.3) is 0 Å². The van der Waals surface area contributed by atoms with Crippen molar-refractivity contribution in [3.63, 3.8) is 0 Å². The molecule has 10 nitrogen and oxygen atoms in total. The second-order valence-corrected chi connectivity index (χ2v) is 8.52. The van der Waals surface area contributed by atoms with E-state index in [2.05, 4.69) is 25.9 Å². The Hall–Kier alpha value is -3.18. The summed E-state index contributed by atoms with van der Waals surface area (Å²) in [4.78, 5) is 31.8. The Balaban J connectivity index is 1.67. The first-order valence-corrected chi connectivity index (χ1v) is 10.1. The van der Waals surface area contributed by atoms with Gasteiger partial charge in [-0.25, -0.2) is 14.6 Å². The van der Waals surface area contributed by atoms with E-state index in [1.165, 1.54) is 0 Å². The maximum atomic E-state index is 11.5. The SMILES string of the molecule is O=C(O)N(C(=O)O)C1=NC2(CO1)c1cc(-c3cncc(Br)c3)ccc1OCC21COC1. The molecule has 5 rings (SSSR count). The molecule has 1 aromatic heterocycles. The number of imide groups is 1. The zero-order valence-electron chi connectivity index (χ0n) is 15.9. The average molecular weight is 490 g/mol. The van der Waals surface area contributed by atoms with Gasteiger partial charge in [-0.1, -0.05) is 6.07 Å². The maximum absolute atomic E-state index is 11.5. The Morgan fingerprint density at radius 3 is 2.42 bits per heavy atom. The van der Waals surface area contributed by atoms with Crippen LogP contribution >= 0.6 is 15.9 Å². The Morgan fingerprint density at radius 1 is 1.00 bits per heavy atom. The Bertz CT molecular complexity index is 1120. The zero-order valence-corrected chi connectivity index (χ0v) is 17.5. The third-order valence-electron chi connectivity index (χ3n) is 5.87. The van der Waals surface area contributed by atoms with Crippen LogP contribution in [0, 0.1) is 5.41 Å². The lowest BCUT2D eigenvalue weighted by Gasteiger charge is -2.53. The van der Waals surface area contributed by atoms with Gasteiger partial charge in [0, 0.05) is 28.0 Å². The molecule has 2 aromatic rings. The minimum absolute atomic E-state index is 0.0285. The summed E-state index contributed by atoms with van der Waals surface area (Å²) >= 11 is 3.42. The molecular formula is C20H16BrN3O7. The topological polar surface area (TPSA) is 131 Å². The first-order valence-electron chi connectivity index (χ1n) is 9.30. The van der Waals surface area contributed by atoms with Gasteiger partial charge in [0.15, 0.2) is 0 Å². The lowest BCUT2D eigenvalue weighted by Crippen LogP contribution is -2.63. The number of fused-ring (bicyclic) bond motifs is 3. The van der Waals surface area contributed by atoms with E-state index in [9.17, 15) is 19.8 Å². The summed E-state index contributed by atoms with van der Waals surface area (Å²) in [7, 11) is 0. The van der Waals surface area contributed by atoms with Crippen molar-refractivity contribution >= 4 is 34.1 Å². The highest BCUT2D eigenvalue weighted by molar-refractivity contribution is 9.10. The van der Waals surface area contributed by atoms with Crippen LogP contribution in [0.2, 0.25) is 0 Å². The van der Waals surface area contributed by atoms with Crippen molar-refractivity contribution in [1.29, 1.82) is 0 Å². The summed E-state index contributed by atoms with van der Waals surface area (Å²) < 4.78 is 17.9. The van der Waals surface area contributed by atoms with Crippen LogP contribution in [0.1, 0.15) is 5.56 Å². The summed E-state index contributed by atoms with van der Waals surface area (Å²) in [5.74, 6) is 0.579. The summed E-state index contributed by atoms with van der Waals surface area (Å²) in [5.41, 5.74) is 0.749. The molecule has 160 valence electrons. The number of aliphatic imine (C=N–C) groups is 1. The van der Waals surface area contributed by atoms with Crippen molar-refractivity contribution in [2.75, 3.05) is 26.4 Å². The van der Waals surface area contributed by atoms with Crippen LogP contribution < -0.4 is 4.74 Å². The molecule has 1 aromatic carbocycles. The van der Waals surface area contributed by atoms with E-state index in [1.807, 2.05) is 24.3 Å². The number of hydrogen-bond donors (Lipinski definition) is 2. The molecule has 3 aliphatic rings. The highest BCUT2D eigenvalue weighted by atomic mass is 79.9. The minimum Gasteiger partial charge on any atom is -0.492 e. The Kier molecular flexibility index (Phi) is 4.41. The number of amides is 2. The fourth-order valence-corrected chi connectivity index (χ4v) is 4.55. The van der Waals surface area contributed by atoms with E-state index in [4.69, 9.17) is 14.2 Å². The molecule has 2 N–H and O–H groups in total. The molecule has 3 aliphatic heterocycles. The number of ether oxygens (including phenoxy) is 3. The monoisotopic (exact) mass is 489 g/mol. The third-order valence-corrected chi connectivity index (χ3v) is 6.31. The molecule has 1 fully saturated rings. The molecule has 1 unspecified atom stereocenters. The van der Waals surface area contributed by atoms with Gasteiger partial charge in [0.05, 0.1) is 18.6 Å². The number of amidine groups is 1. The van der Waals surface area contributed by atoms with E-state index in [0.29, 0.717) is 24.5 Å². The first kappa shape index (κ1) is 19.8. The van der Waals surface area contributed by atoms with Crippen LogP contribution in [-0.4, -0.2) is 64.7 Å². The van der Waals surface area contributed by atoms with Gasteiger partial charge in [-0.2, -0.15) is 0 Å². The molecule has 0 saturated carbocycles. The van der Waals surface area contributed by atoms with Gasteiger partial charge in [-0.15, -0.1) is 4.90 Å². The van der Waals surface area contributed by atoms with E-state index in [-0.39, 0.29) is 18.1 Å². The van der Waals surface area contributed by atoms with E-state index in [0.717, 1.165) is 15.6 Å². The van der Waals surface area contributed by atoms with Crippen LogP contribution in [0.5, 0.6) is 5.75 Å². The highest BCUT2D eigenvalue weighted by Crippen LogP contribution is 2.56. The number of aromatic nitrogens is 1. The van der Waals surface area contributed by atoms with Crippen LogP contribution in [-0.2, 0) is 15.0 Å². The molecule has 31 heavy (non-hydrogen) atoms. The number of rotatable bonds is 1. The average Bonchev–Trinajstić information content (AvgIpc) is 3.11. The summed E-state index contributed by atoms with van der Waals surface area (Å²) in [6.45, 7) is 0.919. The normalized spacial score (nSPS) is 22.7. The predicted octanol–water partition coefficient (Wildman–Crippen LogP) is 3.16. The zero-order chi connectivity index (χ0) is 21.8. The molecule has 2 spiro atoms. The van der Waals surface area contributed by atoms with Crippen molar-refractivity contribution in [2.45, 2.75) is 5.54 Å². The third kappa shape index (κ3) is 2.87. The van der Waals surface area contributed by atoms with Crippen molar-refractivity contribution in [3.8, 4) is 16.9 Å². The molecule has 0 radical (unpaired) electrons. The first-order chi connectivity index (χ1) is 14.9. The Morgan fingerprint density at radius 2 is 1.77 bits per heavy atom. The van der Waals surface area contributed by atoms with Crippen molar-refractivity contribution < 1.29 is 34.0 Å². The molecule has 1 atom stereocenters. The molecule has 11 heteroatoms. The predicted molar refractivity (Wildman–Crippen MR) is 109 cm³/mol. The number of halogens is 1. The Labute approximate surface area is 184 Å². The van der Waals surface area contributed by atoms with Gasteiger partial charge in [-0.05, 0) is 39.7 Å². The number of carboxylic acid groups (broad SMARTS) is 2. The number of carbonyl (C=O) groups is 2. The number of hydrogen-bond acceptors (Lipinski definition) is 7. The van der Waals surface area contributed by atoms with Crippen molar-refractivity contribution in [3.05, 3.63) is 46.7 Å². The largest absolute Gasteiger partial charge is 0.492 e. The molecular weight excluding hydrogens is 474 g/mol. The summed E-state index contributed by atoms with van der Waals surface area (Å²) in [6, 6.07) is 7.06. The fraction of sp³-hybridized carbons (Fsp3) is 0.300. The van der Waals surface area contributed by atoms with Crippen LogP contribution in [0.15, 0.2) is 46.1 Å². The molecule has 2 amide bonds. The second-order valence-electron chi connectivity index (χ2n) is 7.61. The number of nitrogens with zero attached hydrogens (tertiary/aromatic N) is 3. The second kappa shape index (κ2) is 6.92. The summed E-state index contributed by atoms with van der Waals surface area (Å²) in [6.07, 6.45) is 0.0227. The highest BCUT2D eigenvalue weighted by Gasteiger charge is 2.64. The molecule has 0 bridgehead atoms. The molecule has 4 heterocycles. The van der Waals surface area contributed by atoms with Crippen LogP contribution in [0.3, 0.4) is 0 Å². The van der Waals surface area contributed by atoms with E-state index < -0.39 is 29.2 Å². The van der Waals surface area contributed by atoms with Crippen LogP contribution in [0.25, 0.3) is 11.1 Å². The van der Waals surface area contributed by atoms with Crippen molar-refractivity contribution in [2.24, 2.45) is 10.4 Å². The fourth-order valence-electron chi connectivity index (χ4n) is 4.19. The maximum Gasteiger partial charge on any atom is 0.425 e. The standard InChI is InChI=1S/C20H16BrN3O7/c21-13-3-12(5-22-6-13)11-1-2-15-14(4-11)20(19(9-30-15)7-29-8-19)10-31-16(23-20)24(17(25)26)18(27)28/h1-6H,7-10H2,(H,25,26)(H,27,28). The van der Waals surface area contributed by atoms with Crippen LogP contribution in [0.4, 0.5) is 9.59 Å². The lowest BCUT2D eigenvalue weighted by atomic mass is 9.64. The smallest absolute Gasteiger partial charge is 0.425 e. The van der Waals surface area contributed by atoms with Crippen molar-refractivity contribution in [1.82, 2.24) is 9.88 Å². The summed E-state index contributed by atoms with van der Waals surface area (Å²) in [5, 5.41) is 18.7. The van der Waals surface area contributed by atoms with E-state index in [1.54, 1.807) is 12.4 Å². The van der Waals surface area contributed by atoms with E-state index >= 15 is 0 Å². The van der Waals surface area contributed by atoms with Gasteiger partial charge in [-0.3, -0.25) is 4.98 Å². The van der Waals surface area contributed by atoms with Gasteiger partial charge in [0.2, 0.25) is 0 Å². The van der Waals surface area contributed by atoms with Gasteiger partial charge < -0.3 is 24.4 Å². The lowest BCUT2D eigenvalue weighted by molar-refractivity contribution is -0.185. The van der Waals surface area contributed by atoms with Gasteiger partial charge >= 0.3 is 18.2 Å². The number of pyridine rings is 1. The molecule has 1 saturated heterocycles.